The maximum Gasteiger partial charge on any atom is 0.253 e. The Morgan fingerprint density at radius 3 is 1.56 bits per heavy atom. The second-order valence-electron chi connectivity index (χ2n) is 2.16. The molecule has 1 nitrogen and oxygen atoms in total. The van der Waals surface area contributed by atoms with Crippen molar-refractivity contribution in [2.24, 2.45) is 11.7 Å². The summed E-state index contributed by atoms with van der Waals surface area (Å²) in [5.41, 5.74) is 5.01. The molecule has 58 valence electrons. The van der Waals surface area contributed by atoms with Gasteiger partial charge < -0.3 is 5.73 Å². The predicted molar refractivity (Wildman–Crippen MR) is 36.1 cm³/mol. The molecule has 0 aromatic heterocycles. The van der Waals surface area contributed by atoms with Crippen LogP contribution in [-0.2, 0) is 0 Å². The van der Waals surface area contributed by atoms with Crippen LogP contribution in [0.25, 0.3) is 0 Å². The average molecular weight is 160 g/mol. The van der Waals surface area contributed by atoms with Crippen molar-refractivity contribution in [1.82, 2.24) is 0 Å². The van der Waals surface area contributed by atoms with Gasteiger partial charge in [-0.15, -0.1) is 12.4 Å². The van der Waals surface area contributed by atoms with Gasteiger partial charge in [0, 0.05) is 0 Å². The van der Waals surface area contributed by atoms with E-state index < -0.39 is 12.5 Å². The van der Waals surface area contributed by atoms with Gasteiger partial charge in [0.15, 0.2) is 0 Å². The molecule has 0 radical (unpaired) electrons. The lowest BCUT2D eigenvalue weighted by atomic mass is 10.1. The highest BCUT2D eigenvalue weighted by atomic mass is 35.5. The average Bonchev–Trinajstić information content (AvgIpc) is 1.64. The van der Waals surface area contributed by atoms with Gasteiger partial charge in [0.25, 0.3) is 6.43 Å². The zero-order chi connectivity index (χ0) is 6.73. The molecule has 0 rings (SSSR count). The highest BCUT2D eigenvalue weighted by molar-refractivity contribution is 5.85. The monoisotopic (exact) mass is 159 g/mol. The van der Waals surface area contributed by atoms with Crippen molar-refractivity contribution < 1.29 is 8.78 Å². The Bertz CT molecular complexity index is 60.0. The summed E-state index contributed by atoms with van der Waals surface area (Å²) in [4.78, 5) is 0. The highest BCUT2D eigenvalue weighted by Crippen LogP contribution is 2.06. The van der Waals surface area contributed by atoms with Crippen LogP contribution in [0.3, 0.4) is 0 Å². The molecule has 4 heteroatoms. The molecule has 0 aliphatic heterocycles. The van der Waals surface area contributed by atoms with Gasteiger partial charge in [0.2, 0.25) is 0 Å². The lowest BCUT2D eigenvalue weighted by Gasteiger charge is -2.12. The second-order valence-corrected chi connectivity index (χ2v) is 2.16. The molecule has 0 aromatic rings. The van der Waals surface area contributed by atoms with Crippen molar-refractivity contribution in [3.05, 3.63) is 0 Å². The van der Waals surface area contributed by atoms with Crippen molar-refractivity contribution in [1.29, 1.82) is 0 Å². The SMILES string of the molecule is CC(C)C(N)C(F)F.Cl. The minimum Gasteiger partial charge on any atom is -0.323 e. The van der Waals surface area contributed by atoms with Crippen LogP contribution in [0.4, 0.5) is 8.78 Å². The molecular weight excluding hydrogens is 148 g/mol. The number of hydrogen-bond donors (Lipinski definition) is 1. The summed E-state index contributed by atoms with van der Waals surface area (Å²) in [6.45, 7) is 3.35. The first kappa shape index (κ1) is 11.9. The fourth-order valence-corrected chi connectivity index (χ4v) is 0.291. The lowest BCUT2D eigenvalue weighted by Crippen LogP contribution is -2.33. The molecule has 2 N–H and O–H groups in total. The van der Waals surface area contributed by atoms with Crippen molar-refractivity contribution >= 4 is 12.4 Å². The molecule has 0 aromatic carbocycles. The first-order valence-electron chi connectivity index (χ1n) is 2.59. The Labute approximate surface area is 60.0 Å². The molecule has 0 fully saturated rings. The number of alkyl halides is 2. The summed E-state index contributed by atoms with van der Waals surface area (Å²) in [5, 5.41) is 0. The van der Waals surface area contributed by atoms with Crippen molar-refractivity contribution in [3.8, 4) is 0 Å². The molecule has 1 atom stereocenters. The van der Waals surface area contributed by atoms with E-state index in [4.69, 9.17) is 5.73 Å². The topological polar surface area (TPSA) is 26.0 Å². The van der Waals surface area contributed by atoms with Gasteiger partial charge in [-0.2, -0.15) is 0 Å². The Kier molecular flexibility index (Phi) is 6.51. The van der Waals surface area contributed by atoms with Gasteiger partial charge in [-0.05, 0) is 5.92 Å². The van der Waals surface area contributed by atoms with Gasteiger partial charge in [-0.3, -0.25) is 0 Å². The third kappa shape index (κ3) is 4.60. The van der Waals surface area contributed by atoms with Gasteiger partial charge in [0.1, 0.15) is 0 Å². The van der Waals surface area contributed by atoms with E-state index in [1.807, 2.05) is 0 Å². The first-order chi connectivity index (χ1) is 3.55. The summed E-state index contributed by atoms with van der Waals surface area (Å²) < 4.78 is 23.1. The largest absolute Gasteiger partial charge is 0.323 e. The molecule has 1 unspecified atom stereocenters. The van der Waals surface area contributed by atoms with Crippen molar-refractivity contribution in [2.75, 3.05) is 0 Å². The van der Waals surface area contributed by atoms with Crippen LogP contribution >= 0.6 is 12.4 Å². The Balaban J connectivity index is 0. The minimum atomic E-state index is -2.38. The Morgan fingerprint density at radius 2 is 1.56 bits per heavy atom. The molecule has 0 bridgehead atoms. The molecular formula is C5H12ClF2N. The van der Waals surface area contributed by atoms with E-state index in [1.54, 1.807) is 13.8 Å². The predicted octanol–water partition coefficient (Wildman–Crippen LogP) is 1.66. The Hall–Kier alpha value is 0.110. The summed E-state index contributed by atoms with van der Waals surface area (Å²) >= 11 is 0. The number of halogens is 3. The van der Waals surface area contributed by atoms with Crippen LogP contribution in [0, 0.1) is 5.92 Å². The maximum absolute atomic E-state index is 11.6. The van der Waals surface area contributed by atoms with E-state index in [-0.39, 0.29) is 18.3 Å². The molecule has 0 heterocycles. The van der Waals surface area contributed by atoms with Crippen molar-refractivity contribution in [3.63, 3.8) is 0 Å². The van der Waals surface area contributed by atoms with E-state index in [9.17, 15) is 8.78 Å². The molecule has 9 heavy (non-hydrogen) atoms. The van der Waals surface area contributed by atoms with Gasteiger partial charge in [-0.1, -0.05) is 13.8 Å². The third-order valence-corrected chi connectivity index (χ3v) is 1.06. The van der Waals surface area contributed by atoms with Crippen LogP contribution in [0.15, 0.2) is 0 Å². The number of hydrogen-bond acceptors (Lipinski definition) is 1. The number of rotatable bonds is 2. The quantitative estimate of drug-likeness (QED) is 0.652. The molecule has 0 saturated heterocycles. The van der Waals surface area contributed by atoms with E-state index in [2.05, 4.69) is 0 Å². The summed E-state index contributed by atoms with van der Waals surface area (Å²) in [7, 11) is 0. The minimum absolute atomic E-state index is 0. The van der Waals surface area contributed by atoms with E-state index in [0.29, 0.717) is 0 Å². The second kappa shape index (κ2) is 4.94. The summed E-state index contributed by atoms with van der Waals surface area (Å²) in [6.07, 6.45) is -2.38. The molecule has 0 spiro atoms. The fraction of sp³-hybridized carbons (Fsp3) is 1.00. The van der Waals surface area contributed by atoms with E-state index >= 15 is 0 Å². The van der Waals surface area contributed by atoms with E-state index in [0.717, 1.165) is 0 Å². The smallest absolute Gasteiger partial charge is 0.253 e. The van der Waals surface area contributed by atoms with E-state index in [1.165, 1.54) is 0 Å². The van der Waals surface area contributed by atoms with Gasteiger partial charge in [-0.25, -0.2) is 8.78 Å². The molecule has 0 amide bonds. The van der Waals surface area contributed by atoms with Crippen LogP contribution in [0.2, 0.25) is 0 Å². The number of nitrogens with two attached hydrogens (primary N) is 1. The van der Waals surface area contributed by atoms with Gasteiger partial charge in [0.05, 0.1) is 6.04 Å². The zero-order valence-corrected chi connectivity index (χ0v) is 6.29. The molecule has 0 aliphatic rings. The lowest BCUT2D eigenvalue weighted by molar-refractivity contribution is 0.0962. The van der Waals surface area contributed by atoms with Crippen LogP contribution in [0.5, 0.6) is 0 Å². The third-order valence-electron chi connectivity index (χ3n) is 1.06. The van der Waals surface area contributed by atoms with Gasteiger partial charge >= 0.3 is 0 Å². The van der Waals surface area contributed by atoms with Crippen LogP contribution < -0.4 is 5.73 Å². The van der Waals surface area contributed by atoms with Crippen LogP contribution in [-0.4, -0.2) is 12.5 Å². The first-order valence-corrected chi connectivity index (χ1v) is 2.59. The summed E-state index contributed by atoms with van der Waals surface area (Å²) in [5.74, 6) is -0.130. The van der Waals surface area contributed by atoms with Crippen LogP contribution in [0.1, 0.15) is 13.8 Å². The Morgan fingerprint density at radius 1 is 1.22 bits per heavy atom. The normalized spacial score (nSPS) is 13.7. The summed E-state index contributed by atoms with van der Waals surface area (Å²) in [6, 6.07) is -0.963. The zero-order valence-electron chi connectivity index (χ0n) is 5.47. The molecule has 0 aliphatic carbocycles. The standard InChI is InChI=1S/C5H11F2N.ClH/c1-3(2)4(8)5(6)7;/h3-5H,8H2,1-2H3;1H. The van der Waals surface area contributed by atoms with Crippen molar-refractivity contribution in [2.45, 2.75) is 26.3 Å². The fourth-order valence-electron chi connectivity index (χ4n) is 0.291. The molecule has 0 saturated carbocycles. The maximum atomic E-state index is 11.6. The highest BCUT2D eigenvalue weighted by Gasteiger charge is 2.17.